The summed E-state index contributed by atoms with van der Waals surface area (Å²) in [4.78, 5) is 2.56. The lowest BCUT2D eigenvalue weighted by Gasteiger charge is -2.35. The van der Waals surface area contributed by atoms with E-state index < -0.39 is 0 Å². The van der Waals surface area contributed by atoms with Crippen molar-refractivity contribution in [3.8, 4) is 33.4 Å². The molecule has 0 fully saturated rings. The number of fused-ring (bicyclic) bond motifs is 4. The van der Waals surface area contributed by atoms with Crippen LogP contribution in [0.2, 0.25) is 0 Å². The fourth-order valence-electron chi connectivity index (χ4n) is 8.90. The van der Waals surface area contributed by atoms with Crippen molar-refractivity contribution in [1.29, 1.82) is 0 Å². The molecule has 1 heteroatoms. The Kier molecular flexibility index (Phi) is 8.42. The van der Waals surface area contributed by atoms with E-state index in [4.69, 9.17) is 0 Å². The third-order valence-corrected chi connectivity index (χ3v) is 11.6. The highest BCUT2D eigenvalue weighted by molar-refractivity contribution is 6.22. The molecule has 0 spiro atoms. The minimum Gasteiger partial charge on any atom is -0.333 e. The number of rotatable bonds is 7. The maximum Gasteiger partial charge on any atom is 0.0575 e. The van der Waals surface area contributed by atoms with Crippen LogP contribution in [-0.2, 0) is 0 Å². The summed E-state index contributed by atoms with van der Waals surface area (Å²) in [6.07, 6.45) is 0. The molecule has 0 aliphatic carbocycles. The molecule has 266 valence electrons. The van der Waals surface area contributed by atoms with Gasteiger partial charge in [-0.1, -0.05) is 188 Å². The summed E-state index contributed by atoms with van der Waals surface area (Å²) in [5, 5.41) is 10.1. The number of aryl methyl sites for hydroxylation is 1. The predicted molar refractivity (Wildman–Crippen MR) is 241 cm³/mol. The van der Waals surface area contributed by atoms with E-state index in [2.05, 4.69) is 225 Å². The van der Waals surface area contributed by atoms with Crippen molar-refractivity contribution in [1.82, 2.24) is 0 Å². The van der Waals surface area contributed by atoms with Crippen LogP contribution >= 0.6 is 0 Å². The second-order valence-electron chi connectivity index (χ2n) is 14.9. The zero-order valence-corrected chi connectivity index (χ0v) is 31.7. The van der Waals surface area contributed by atoms with Crippen LogP contribution in [-0.4, -0.2) is 0 Å². The Balaban J connectivity index is 1.13. The van der Waals surface area contributed by atoms with Crippen LogP contribution in [0.5, 0.6) is 0 Å². The Morgan fingerprint density at radius 2 is 0.821 bits per heavy atom. The first kappa shape index (κ1) is 33.6. The number of hydrogen-bond donors (Lipinski definition) is 0. The van der Waals surface area contributed by atoms with Crippen molar-refractivity contribution in [2.75, 3.05) is 4.90 Å². The van der Waals surface area contributed by atoms with Crippen LogP contribution < -0.4 is 4.90 Å². The third-order valence-electron chi connectivity index (χ3n) is 11.6. The second kappa shape index (κ2) is 14.0. The van der Waals surface area contributed by atoms with Crippen molar-refractivity contribution in [2.45, 2.75) is 19.9 Å². The van der Waals surface area contributed by atoms with Gasteiger partial charge in [-0.05, 0) is 109 Å². The molecule has 10 aromatic rings. The first-order valence-corrected chi connectivity index (χ1v) is 19.6. The molecule has 10 aromatic carbocycles. The highest BCUT2D eigenvalue weighted by Crippen LogP contribution is 2.47. The van der Waals surface area contributed by atoms with Crippen LogP contribution in [0.15, 0.2) is 206 Å². The van der Waals surface area contributed by atoms with Crippen LogP contribution in [0.25, 0.3) is 76.5 Å². The number of para-hydroxylation sites is 1. The molecule has 0 N–H and O–H groups in total. The van der Waals surface area contributed by atoms with Gasteiger partial charge in [-0.2, -0.15) is 0 Å². The maximum absolute atomic E-state index is 2.56. The molecule has 0 radical (unpaired) electrons. The van der Waals surface area contributed by atoms with E-state index >= 15 is 0 Å². The van der Waals surface area contributed by atoms with Gasteiger partial charge in [0.25, 0.3) is 0 Å². The molecule has 0 aromatic heterocycles. The minimum atomic E-state index is 0.0560. The lowest BCUT2D eigenvalue weighted by atomic mass is 9.85. The summed E-state index contributed by atoms with van der Waals surface area (Å²) >= 11 is 0. The average molecular weight is 716 g/mol. The molecular formula is C55H41N. The van der Waals surface area contributed by atoms with Gasteiger partial charge in [-0.15, -0.1) is 0 Å². The predicted octanol–water partition coefficient (Wildman–Crippen LogP) is 15.5. The Morgan fingerprint density at radius 1 is 0.357 bits per heavy atom. The Labute approximate surface area is 328 Å². The summed E-state index contributed by atoms with van der Waals surface area (Å²) in [6.45, 7) is 4.57. The summed E-state index contributed by atoms with van der Waals surface area (Å²) in [6, 6.07) is 75.7. The molecule has 0 saturated heterocycles. The van der Waals surface area contributed by atoms with Crippen molar-refractivity contribution < 1.29 is 0 Å². The van der Waals surface area contributed by atoms with E-state index in [0.717, 1.165) is 0 Å². The van der Waals surface area contributed by atoms with E-state index in [1.165, 1.54) is 99.0 Å². The van der Waals surface area contributed by atoms with Crippen LogP contribution in [0.4, 0.5) is 11.4 Å². The van der Waals surface area contributed by atoms with Gasteiger partial charge in [-0.3, -0.25) is 0 Å². The zero-order chi connectivity index (χ0) is 37.6. The first-order chi connectivity index (χ1) is 27.6. The molecule has 0 heterocycles. The standard InChI is InChI=1S/C55H41N/c1-37-17-9-16-28-52(37)56(55-46-24-12-10-22-44(46)35-45-23-11-13-25-47(45)55)38(2)39-29-31-40(32-30-39)43-33-34-50-51(36-43)54(42-20-7-4-8-21-42)49-27-15-14-26-48(49)53(50)41-18-5-3-6-19-41/h3-36,38H,1-2H3. The van der Waals surface area contributed by atoms with Gasteiger partial charge in [0.15, 0.2) is 0 Å². The van der Waals surface area contributed by atoms with Crippen LogP contribution in [0.3, 0.4) is 0 Å². The summed E-state index contributed by atoms with van der Waals surface area (Å²) in [7, 11) is 0. The topological polar surface area (TPSA) is 3.24 Å². The number of nitrogens with zero attached hydrogens (tertiary/aromatic N) is 1. The van der Waals surface area contributed by atoms with Gasteiger partial charge in [0.2, 0.25) is 0 Å². The second-order valence-corrected chi connectivity index (χ2v) is 14.9. The van der Waals surface area contributed by atoms with Gasteiger partial charge < -0.3 is 4.90 Å². The smallest absolute Gasteiger partial charge is 0.0575 e. The summed E-state index contributed by atoms with van der Waals surface area (Å²) < 4.78 is 0. The van der Waals surface area contributed by atoms with E-state index in [1.807, 2.05) is 0 Å². The van der Waals surface area contributed by atoms with Gasteiger partial charge in [0.1, 0.15) is 0 Å². The summed E-state index contributed by atoms with van der Waals surface area (Å²) in [5.41, 5.74) is 12.4. The molecule has 0 aliphatic rings. The molecule has 1 unspecified atom stereocenters. The molecular weight excluding hydrogens is 675 g/mol. The van der Waals surface area contributed by atoms with E-state index in [9.17, 15) is 0 Å². The fraction of sp³-hybridized carbons (Fsp3) is 0.0545. The largest absolute Gasteiger partial charge is 0.333 e. The third kappa shape index (κ3) is 5.72. The minimum absolute atomic E-state index is 0.0560. The molecule has 0 saturated carbocycles. The molecule has 0 amide bonds. The molecule has 1 nitrogen and oxygen atoms in total. The lowest BCUT2D eigenvalue weighted by molar-refractivity contribution is 0.776. The number of benzene rings is 10. The molecule has 10 rings (SSSR count). The maximum atomic E-state index is 2.56. The highest BCUT2D eigenvalue weighted by atomic mass is 15.2. The quantitative estimate of drug-likeness (QED) is 0.149. The SMILES string of the molecule is Cc1ccccc1N(c1c2ccccc2cc2ccccc12)C(C)c1ccc(-c2ccc3c(-c4ccccc4)c4ccccc4c(-c4ccccc4)c3c2)cc1. The van der Waals surface area contributed by atoms with Crippen LogP contribution in [0.1, 0.15) is 24.1 Å². The molecule has 1 atom stereocenters. The van der Waals surface area contributed by atoms with Crippen molar-refractivity contribution in [2.24, 2.45) is 0 Å². The Hall–Kier alpha value is -6.96. The van der Waals surface area contributed by atoms with E-state index in [0.29, 0.717) is 0 Å². The Morgan fingerprint density at radius 3 is 1.41 bits per heavy atom. The van der Waals surface area contributed by atoms with E-state index in [-0.39, 0.29) is 6.04 Å². The Bertz CT molecular complexity index is 2980. The lowest BCUT2D eigenvalue weighted by Crippen LogP contribution is -2.23. The van der Waals surface area contributed by atoms with Crippen molar-refractivity contribution >= 4 is 54.5 Å². The van der Waals surface area contributed by atoms with Crippen molar-refractivity contribution in [3.05, 3.63) is 217 Å². The highest BCUT2D eigenvalue weighted by Gasteiger charge is 2.24. The summed E-state index contributed by atoms with van der Waals surface area (Å²) in [5.74, 6) is 0. The van der Waals surface area contributed by atoms with Crippen LogP contribution in [0, 0.1) is 6.92 Å². The normalized spacial score (nSPS) is 12.0. The fourth-order valence-corrected chi connectivity index (χ4v) is 8.90. The van der Waals surface area contributed by atoms with E-state index in [1.54, 1.807) is 0 Å². The zero-order valence-electron chi connectivity index (χ0n) is 31.7. The molecule has 56 heavy (non-hydrogen) atoms. The van der Waals surface area contributed by atoms with Crippen molar-refractivity contribution in [3.63, 3.8) is 0 Å². The average Bonchev–Trinajstić information content (AvgIpc) is 3.26. The first-order valence-electron chi connectivity index (χ1n) is 19.6. The molecule has 0 bridgehead atoms. The molecule has 0 aliphatic heterocycles. The number of hydrogen-bond acceptors (Lipinski definition) is 1. The number of anilines is 2. The van der Waals surface area contributed by atoms with Gasteiger partial charge in [0.05, 0.1) is 11.7 Å². The monoisotopic (exact) mass is 715 g/mol. The van der Waals surface area contributed by atoms with Gasteiger partial charge >= 0.3 is 0 Å². The van der Waals surface area contributed by atoms with Gasteiger partial charge in [-0.25, -0.2) is 0 Å². The van der Waals surface area contributed by atoms with Gasteiger partial charge in [0, 0.05) is 16.5 Å².